The van der Waals surface area contributed by atoms with Gasteiger partial charge in [-0.1, -0.05) is 146 Å². The van der Waals surface area contributed by atoms with Gasteiger partial charge in [0.25, 0.3) is 0 Å². The Bertz CT molecular complexity index is 2810. The van der Waals surface area contributed by atoms with Crippen molar-refractivity contribution in [2.24, 2.45) is 0 Å². The van der Waals surface area contributed by atoms with E-state index in [4.69, 9.17) is 9.97 Å². The average molecular weight is 624 g/mol. The van der Waals surface area contributed by atoms with E-state index >= 15 is 0 Å². The third-order valence-electron chi connectivity index (χ3n) is 9.79. The summed E-state index contributed by atoms with van der Waals surface area (Å²) in [6.45, 7) is 0. The quantitative estimate of drug-likeness (QED) is 0.144. The summed E-state index contributed by atoms with van der Waals surface area (Å²) in [6, 6.07) is 62.7. The minimum atomic E-state index is 0.701. The maximum atomic E-state index is 5.17. The summed E-state index contributed by atoms with van der Waals surface area (Å²) in [7, 11) is 0. The average Bonchev–Trinajstić information content (AvgIpc) is 3.51. The summed E-state index contributed by atoms with van der Waals surface area (Å²) in [5, 5.41) is 10.0. The van der Waals surface area contributed by atoms with Crippen LogP contribution in [0.5, 0.6) is 0 Å². The summed E-state index contributed by atoms with van der Waals surface area (Å²) >= 11 is 0. The molecule has 0 aliphatic heterocycles. The number of benzene rings is 8. The van der Waals surface area contributed by atoms with Crippen molar-refractivity contribution in [2.45, 2.75) is 0 Å². The Labute approximate surface area is 283 Å². The number of hydrogen-bond donors (Lipinski definition) is 0. The molecular weight excluding hydrogens is 595 g/mol. The number of hydrogen-bond acceptors (Lipinski definition) is 2. The van der Waals surface area contributed by atoms with E-state index in [2.05, 4.69) is 162 Å². The van der Waals surface area contributed by atoms with E-state index in [1.54, 1.807) is 0 Å². The lowest BCUT2D eigenvalue weighted by Crippen LogP contribution is -2.02. The molecule has 8 aromatic carbocycles. The molecule has 3 nitrogen and oxygen atoms in total. The summed E-state index contributed by atoms with van der Waals surface area (Å²) in [4.78, 5) is 10.3. The van der Waals surface area contributed by atoms with Gasteiger partial charge in [-0.15, -0.1) is 0 Å². The van der Waals surface area contributed by atoms with Crippen molar-refractivity contribution >= 4 is 54.1 Å². The Kier molecular flexibility index (Phi) is 6.18. The lowest BCUT2D eigenvalue weighted by Gasteiger charge is -2.13. The molecule has 0 aliphatic carbocycles. The molecule has 0 saturated heterocycles. The highest BCUT2D eigenvalue weighted by molar-refractivity contribution is 6.15. The fraction of sp³-hybridized carbons (Fsp3) is 0. The minimum absolute atomic E-state index is 0.701. The molecule has 10 aromatic rings. The first kappa shape index (κ1) is 27.5. The maximum absolute atomic E-state index is 5.17. The lowest BCUT2D eigenvalue weighted by atomic mass is 9.93. The van der Waals surface area contributed by atoms with Crippen LogP contribution in [0.1, 0.15) is 0 Å². The molecule has 228 valence electrons. The molecule has 0 amide bonds. The Balaban J connectivity index is 1.12. The molecule has 0 saturated carbocycles. The lowest BCUT2D eigenvalue weighted by molar-refractivity contribution is 1.05. The fourth-order valence-electron chi connectivity index (χ4n) is 7.44. The monoisotopic (exact) mass is 623 g/mol. The van der Waals surface area contributed by atoms with E-state index in [1.165, 1.54) is 54.2 Å². The molecule has 2 aromatic heterocycles. The van der Waals surface area contributed by atoms with Gasteiger partial charge in [-0.05, 0) is 67.7 Å². The summed E-state index contributed by atoms with van der Waals surface area (Å²) in [5.74, 6) is 1.55. The maximum Gasteiger partial charge on any atom is 0.162 e. The molecule has 0 aliphatic rings. The van der Waals surface area contributed by atoms with Crippen LogP contribution >= 0.6 is 0 Å². The molecular formula is C46H29N3. The molecule has 3 heteroatoms. The van der Waals surface area contributed by atoms with E-state index in [1.807, 2.05) is 18.2 Å². The zero-order valence-electron chi connectivity index (χ0n) is 26.6. The van der Waals surface area contributed by atoms with Gasteiger partial charge in [-0.2, -0.15) is 0 Å². The number of rotatable bonds is 4. The molecule has 0 N–H and O–H groups in total. The Morgan fingerprint density at radius 3 is 1.73 bits per heavy atom. The molecule has 2 heterocycles. The van der Waals surface area contributed by atoms with E-state index < -0.39 is 0 Å². The van der Waals surface area contributed by atoms with Gasteiger partial charge in [-0.3, -0.25) is 4.57 Å². The Morgan fingerprint density at radius 1 is 0.347 bits per heavy atom. The van der Waals surface area contributed by atoms with Gasteiger partial charge < -0.3 is 0 Å². The van der Waals surface area contributed by atoms with Crippen molar-refractivity contribution in [1.29, 1.82) is 0 Å². The molecule has 0 spiro atoms. The van der Waals surface area contributed by atoms with Crippen molar-refractivity contribution < 1.29 is 0 Å². The summed E-state index contributed by atoms with van der Waals surface area (Å²) < 4.78 is 2.26. The van der Waals surface area contributed by atoms with Gasteiger partial charge in [0.1, 0.15) is 5.82 Å². The Hall–Kier alpha value is -6.58. The van der Waals surface area contributed by atoms with Gasteiger partial charge in [0, 0.05) is 28.0 Å². The van der Waals surface area contributed by atoms with E-state index in [-0.39, 0.29) is 0 Å². The predicted molar refractivity (Wildman–Crippen MR) is 205 cm³/mol. The van der Waals surface area contributed by atoms with Gasteiger partial charge in [-0.25, -0.2) is 9.97 Å². The first-order valence-electron chi connectivity index (χ1n) is 16.7. The first-order chi connectivity index (χ1) is 24.3. The highest BCUT2D eigenvalue weighted by Crippen LogP contribution is 2.37. The fourth-order valence-corrected chi connectivity index (χ4v) is 7.44. The van der Waals surface area contributed by atoms with Crippen LogP contribution in [0.2, 0.25) is 0 Å². The molecule has 0 fully saturated rings. The van der Waals surface area contributed by atoms with Crippen molar-refractivity contribution in [2.75, 3.05) is 0 Å². The molecule has 0 atom stereocenters. The van der Waals surface area contributed by atoms with Crippen molar-refractivity contribution in [3.63, 3.8) is 0 Å². The molecule has 10 rings (SSSR count). The summed E-state index contributed by atoms with van der Waals surface area (Å²) in [6.07, 6.45) is 0. The predicted octanol–water partition coefficient (Wildman–Crippen LogP) is 12.0. The van der Waals surface area contributed by atoms with Crippen LogP contribution < -0.4 is 0 Å². The van der Waals surface area contributed by atoms with E-state index in [0.29, 0.717) is 5.82 Å². The Morgan fingerprint density at radius 2 is 0.980 bits per heavy atom. The van der Waals surface area contributed by atoms with Crippen LogP contribution in [0.15, 0.2) is 176 Å². The third kappa shape index (κ3) is 4.51. The van der Waals surface area contributed by atoms with Gasteiger partial charge in [0.15, 0.2) is 5.82 Å². The molecule has 0 bridgehead atoms. The zero-order valence-corrected chi connectivity index (χ0v) is 26.6. The first-order valence-corrected chi connectivity index (χ1v) is 16.7. The van der Waals surface area contributed by atoms with Crippen LogP contribution in [0.4, 0.5) is 0 Å². The van der Waals surface area contributed by atoms with Gasteiger partial charge in [0.2, 0.25) is 0 Å². The van der Waals surface area contributed by atoms with Gasteiger partial charge >= 0.3 is 0 Å². The highest BCUT2D eigenvalue weighted by atomic mass is 15.1. The van der Waals surface area contributed by atoms with Crippen LogP contribution in [0.25, 0.3) is 93.7 Å². The number of para-hydroxylation sites is 2. The van der Waals surface area contributed by atoms with E-state index in [0.717, 1.165) is 33.7 Å². The van der Waals surface area contributed by atoms with Crippen molar-refractivity contribution in [3.05, 3.63) is 176 Å². The second-order valence-corrected chi connectivity index (χ2v) is 12.6. The number of fused-ring (bicyclic) bond motifs is 7. The molecule has 49 heavy (non-hydrogen) atoms. The second-order valence-electron chi connectivity index (χ2n) is 12.6. The van der Waals surface area contributed by atoms with Crippen LogP contribution in [0.3, 0.4) is 0 Å². The molecule has 0 unspecified atom stereocenters. The van der Waals surface area contributed by atoms with Crippen molar-refractivity contribution in [1.82, 2.24) is 14.5 Å². The van der Waals surface area contributed by atoms with Crippen molar-refractivity contribution in [3.8, 4) is 39.6 Å². The highest BCUT2D eigenvalue weighted by Gasteiger charge is 2.16. The normalized spacial score (nSPS) is 11.7. The van der Waals surface area contributed by atoms with Crippen LogP contribution in [-0.2, 0) is 0 Å². The van der Waals surface area contributed by atoms with Crippen LogP contribution in [-0.4, -0.2) is 14.5 Å². The number of nitrogens with zero attached hydrogens (tertiary/aromatic N) is 3. The minimum Gasteiger partial charge on any atom is -0.294 e. The van der Waals surface area contributed by atoms with Crippen LogP contribution in [0, 0.1) is 0 Å². The SMILES string of the molecule is c1ccc(-c2nc(-c3ccc(-c4cccc5c4ccc4cc6ccccc6cc45)cc3)cc(-n3c4ccccc4c4ccccc43)n2)cc1. The molecule has 0 radical (unpaired) electrons. The smallest absolute Gasteiger partial charge is 0.162 e. The summed E-state index contributed by atoms with van der Waals surface area (Å²) in [5.41, 5.74) is 7.56. The third-order valence-corrected chi connectivity index (χ3v) is 9.79. The number of aromatic nitrogens is 3. The topological polar surface area (TPSA) is 30.7 Å². The standard InChI is InChI=1S/C46H29N3/c1-2-11-32(12-3-1)46-47-42(29-45(48-46)49-43-19-8-6-15-39(43)40-16-7-9-20-44(40)49)31-23-21-30(22-24-31)36-17-10-18-37-38(36)26-25-35-27-33-13-4-5-14-34(33)28-41(35)37/h1-29H. The zero-order chi connectivity index (χ0) is 32.3. The largest absolute Gasteiger partial charge is 0.294 e. The van der Waals surface area contributed by atoms with Gasteiger partial charge in [0.05, 0.1) is 16.7 Å². The van der Waals surface area contributed by atoms with E-state index in [9.17, 15) is 0 Å². The second kappa shape index (κ2) is 11.0.